The Labute approximate surface area is 214 Å². The van der Waals surface area contributed by atoms with Crippen LogP contribution >= 0.6 is 11.6 Å². The van der Waals surface area contributed by atoms with Gasteiger partial charge in [0.25, 0.3) is 5.91 Å². The third-order valence-electron chi connectivity index (χ3n) is 5.64. The molecule has 8 nitrogen and oxygen atoms in total. The van der Waals surface area contributed by atoms with Gasteiger partial charge < -0.3 is 19.8 Å². The van der Waals surface area contributed by atoms with Gasteiger partial charge in [-0.3, -0.25) is 10.1 Å². The molecule has 1 fully saturated rings. The summed E-state index contributed by atoms with van der Waals surface area (Å²) in [6.07, 6.45) is 1.07. The fourth-order valence-electron chi connectivity index (χ4n) is 3.92. The summed E-state index contributed by atoms with van der Waals surface area (Å²) < 4.78 is 5.53. The van der Waals surface area contributed by atoms with Gasteiger partial charge in [-0.25, -0.2) is 4.79 Å². The topological polar surface area (TPSA) is 92.3 Å². The maximum Gasteiger partial charge on any atom is 0.412 e. The Morgan fingerprint density at radius 3 is 2.28 bits per heavy atom. The molecule has 186 valence electrons. The van der Waals surface area contributed by atoms with Crippen molar-refractivity contribution >= 4 is 46.5 Å². The van der Waals surface area contributed by atoms with Crippen molar-refractivity contribution < 1.29 is 19.2 Å². The minimum atomic E-state index is -1.15. The summed E-state index contributed by atoms with van der Waals surface area (Å²) in [7, 11) is 1.54. The van der Waals surface area contributed by atoms with Crippen molar-refractivity contribution in [3.8, 4) is 0 Å². The molecule has 2 amide bonds. The van der Waals surface area contributed by atoms with Crippen molar-refractivity contribution in [3.05, 3.63) is 89.4 Å². The number of amides is 2. The van der Waals surface area contributed by atoms with E-state index in [0.29, 0.717) is 22.0 Å². The van der Waals surface area contributed by atoms with E-state index in [0.717, 1.165) is 37.3 Å². The monoisotopic (exact) mass is 506 g/mol. The molecular weight excluding hydrogens is 480 g/mol. The van der Waals surface area contributed by atoms with E-state index < -0.39 is 18.1 Å². The molecule has 1 aliphatic rings. The predicted octanol–water partition coefficient (Wildman–Crippen LogP) is 6.22. The highest BCUT2D eigenvalue weighted by molar-refractivity contribution is 6.30. The number of piperidine rings is 1. The van der Waals surface area contributed by atoms with Crippen LogP contribution in [0.3, 0.4) is 0 Å². The summed E-state index contributed by atoms with van der Waals surface area (Å²) in [6.45, 7) is 0.848. The highest BCUT2D eigenvalue weighted by Crippen LogP contribution is 2.25. The smallest absolute Gasteiger partial charge is 0.412 e. The Bertz CT molecular complexity index is 1200. The summed E-state index contributed by atoms with van der Waals surface area (Å²) in [6, 6.07) is 22.9. The molecule has 3 aromatic carbocycles. The number of hydrogen-bond donors (Lipinski definition) is 2. The van der Waals surface area contributed by atoms with Crippen LogP contribution in [0.5, 0.6) is 0 Å². The van der Waals surface area contributed by atoms with Crippen LogP contribution in [-0.4, -0.2) is 31.5 Å². The van der Waals surface area contributed by atoms with Crippen LogP contribution in [0.1, 0.15) is 30.9 Å². The first kappa shape index (κ1) is 25.1. The minimum absolute atomic E-state index is 0.472. The number of carbonyl (C=O) groups excluding carboxylic acids is 2. The van der Waals surface area contributed by atoms with Gasteiger partial charge in [0.15, 0.2) is 0 Å². The zero-order chi connectivity index (χ0) is 25.3. The van der Waals surface area contributed by atoms with Crippen LogP contribution in [0.25, 0.3) is 0 Å². The molecule has 1 aliphatic heterocycles. The highest BCUT2D eigenvalue weighted by Gasteiger charge is 2.26. The Hall–Kier alpha value is -4.04. The average Bonchev–Trinajstić information content (AvgIpc) is 2.90. The zero-order valence-electron chi connectivity index (χ0n) is 19.8. The molecule has 1 heterocycles. The Morgan fingerprint density at radius 1 is 0.917 bits per heavy atom. The Kier molecular flexibility index (Phi) is 8.41. The number of carbonyl (C=O) groups is 2. The van der Waals surface area contributed by atoms with Gasteiger partial charge in [0, 0.05) is 40.6 Å². The van der Waals surface area contributed by atoms with Crippen molar-refractivity contribution in [2.75, 3.05) is 29.2 Å². The SMILES string of the molecule is CO/N=C1\CCCCN1c1ccc(NC(=O)[C@H](OC(=O)Nc2ccc(Cl)cc2)c2ccccc2)cc1. The van der Waals surface area contributed by atoms with E-state index >= 15 is 0 Å². The number of amidine groups is 1. The molecule has 0 saturated carbocycles. The second kappa shape index (κ2) is 12.1. The first-order valence-electron chi connectivity index (χ1n) is 11.6. The molecule has 9 heteroatoms. The quantitative estimate of drug-likeness (QED) is 0.371. The fraction of sp³-hybridized carbons (Fsp3) is 0.222. The van der Waals surface area contributed by atoms with Crippen molar-refractivity contribution in [2.24, 2.45) is 5.16 Å². The number of rotatable bonds is 7. The van der Waals surface area contributed by atoms with E-state index in [1.165, 1.54) is 0 Å². The van der Waals surface area contributed by atoms with Gasteiger partial charge in [0.05, 0.1) is 0 Å². The maximum absolute atomic E-state index is 13.2. The standard InChI is InChI=1S/C27H27ClN4O4/c1-35-31-24-9-5-6-18-32(24)23-16-14-21(15-17-23)29-26(33)25(19-7-3-2-4-8-19)36-27(34)30-22-12-10-20(28)11-13-22/h2-4,7-8,10-17,25H,5-6,9,18H2,1H3,(H,29,33)(H,30,34)/b31-24+/t25-/m1/s1. The second-order valence-electron chi connectivity index (χ2n) is 8.16. The van der Waals surface area contributed by atoms with Crippen LogP contribution in [0.2, 0.25) is 5.02 Å². The highest BCUT2D eigenvalue weighted by atomic mass is 35.5. The summed E-state index contributed by atoms with van der Waals surface area (Å²) in [4.78, 5) is 32.9. The molecule has 0 unspecified atom stereocenters. The molecule has 0 bridgehead atoms. The summed E-state index contributed by atoms with van der Waals surface area (Å²) >= 11 is 5.90. The number of halogens is 1. The summed E-state index contributed by atoms with van der Waals surface area (Å²) in [5.74, 6) is 0.407. The molecular formula is C27H27ClN4O4. The second-order valence-corrected chi connectivity index (χ2v) is 8.60. The number of anilines is 3. The lowest BCUT2D eigenvalue weighted by atomic mass is 10.1. The maximum atomic E-state index is 13.2. The van der Waals surface area contributed by atoms with Gasteiger partial charge in [-0.05, 0) is 61.4 Å². The largest absolute Gasteiger partial charge is 0.431 e. The normalized spacial score (nSPS) is 15.2. The molecule has 1 saturated heterocycles. The van der Waals surface area contributed by atoms with Gasteiger partial charge in [0.1, 0.15) is 12.9 Å². The molecule has 0 spiro atoms. The molecule has 0 aromatic heterocycles. The number of hydrogen-bond acceptors (Lipinski definition) is 5. The van der Waals surface area contributed by atoms with E-state index in [9.17, 15) is 9.59 Å². The Morgan fingerprint density at radius 2 is 1.58 bits per heavy atom. The van der Waals surface area contributed by atoms with Gasteiger partial charge in [-0.15, -0.1) is 0 Å². The molecule has 0 radical (unpaired) electrons. The number of oxime groups is 1. The van der Waals surface area contributed by atoms with Gasteiger partial charge in [0.2, 0.25) is 6.10 Å². The van der Waals surface area contributed by atoms with Gasteiger partial charge in [-0.2, -0.15) is 0 Å². The summed E-state index contributed by atoms with van der Waals surface area (Å²) in [5.41, 5.74) is 2.59. The number of nitrogens with one attached hydrogen (secondary N) is 2. The van der Waals surface area contributed by atoms with Crippen molar-refractivity contribution in [1.29, 1.82) is 0 Å². The van der Waals surface area contributed by atoms with Crippen molar-refractivity contribution in [3.63, 3.8) is 0 Å². The number of benzene rings is 3. The lowest BCUT2D eigenvalue weighted by Crippen LogP contribution is -2.35. The van der Waals surface area contributed by atoms with E-state index in [1.54, 1.807) is 55.6 Å². The fourth-order valence-corrected chi connectivity index (χ4v) is 4.04. The van der Waals surface area contributed by atoms with Crippen LogP contribution in [0.15, 0.2) is 84.0 Å². The van der Waals surface area contributed by atoms with E-state index in [4.69, 9.17) is 21.2 Å². The zero-order valence-corrected chi connectivity index (χ0v) is 20.6. The Balaban J connectivity index is 1.46. The third-order valence-corrected chi connectivity index (χ3v) is 5.89. The van der Waals surface area contributed by atoms with E-state index in [1.807, 2.05) is 30.3 Å². The first-order chi connectivity index (χ1) is 17.5. The predicted molar refractivity (Wildman–Crippen MR) is 141 cm³/mol. The van der Waals surface area contributed by atoms with E-state index in [-0.39, 0.29) is 0 Å². The molecule has 0 aliphatic carbocycles. The van der Waals surface area contributed by atoms with Gasteiger partial charge >= 0.3 is 6.09 Å². The number of ether oxygens (including phenoxy) is 1. The van der Waals surface area contributed by atoms with Crippen molar-refractivity contribution in [2.45, 2.75) is 25.4 Å². The minimum Gasteiger partial charge on any atom is -0.431 e. The lowest BCUT2D eigenvalue weighted by Gasteiger charge is -2.29. The van der Waals surface area contributed by atoms with Crippen LogP contribution in [0, 0.1) is 0 Å². The lowest BCUT2D eigenvalue weighted by molar-refractivity contribution is -0.124. The molecule has 3 aromatic rings. The molecule has 1 atom stereocenters. The third kappa shape index (κ3) is 6.55. The van der Waals surface area contributed by atoms with Crippen LogP contribution in [0.4, 0.5) is 21.9 Å². The van der Waals surface area contributed by atoms with Crippen LogP contribution in [-0.2, 0) is 14.4 Å². The van der Waals surface area contributed by atoms with Gasteiger partial charge in [-0.1, -0.05) is 47.1 Å². The molecule has 4 rings (SSSR count). The van der Waals surface area contributed by atoms with E-state index in [2.05, 4.69) is 20.7 Å². The molecule has 2 N–H and O–H groups in total. The van der Waals surface area contributed by atoms with Crippen LogP contribution < -0.4 is 15.5 Å². The summed E-state index contributed by atoms with van der Waals surface area (Å²) in [5, 5.41) is 10.2. The van der Waals surface area contributed by atoms with Crippen molar-refractivity contribution in [1.82, 2.24) is 0 Å². The average molecular weight is 507 g/mol. The molecule has 36 heavy (non-hydrogen) atoms. The first-order valence-corrected chi connectivity index (χ1v) is 12.0. The number of nitrogens with zero attached hydrogens (tertiary/aromatic N) is 2.